The normalized spacial score (nSPS) is 27.6. The Labute approximate surface area is 552 Å². The van der Waals surface area contributed by atoms with E-state index in [-0.39, 0.29) is 35.5 Å². The van der Waals surface area contributed by atoms with Crippen molar-refractivity contribution in [2.45, 2.75) is 123 Å². The number of hydrogen-bond acceptors (Lipinski definition) is 11. The second kappa shape index (κ2) is 25.5. The number of nitrogens with zero attached hydrogens (tertiary/aromatic N) is 2. The number of benzene rings is 8. The highest BCUT2D eigenvalue weighted by molar-refractivity contribution is 7.96. The molecular weight excluding hydrogens is 1230 g/mol. The van der Waals surface area contributed by atoms with Gasteiger partial charge in [0.15, 0.2) is 42.0 Å². The summed E-state index contributed by atoms with van der Waals surface area (Å²) in [6.45, 7) is 10.8. The first-order chi connectivity index (χ1) is 45.5. The minimum atomic E-state index is -2.78. The number of carbonyl (C=O) groups excluding carboxylic acids is 1. The van der Waals surface area contributed by atoms with Crippen molar-refractivity contribution in [1.29, 1.82) is 1.28 Å². The van der Waals surface area contributed by atoms with Gasteiger partial charge in [0, 0.05) is 58.6 Å². The summed E-state index contributed by atoms with van der Waals surface area (Å²) in [5, 5.41) is 51.7. The minimum absolute atomic E-state index is 0.0454. The van der Waals surface area contributed by atoms with Gasteiger partial charge in [-0.1, -0.05) is 169 Å². The van der Waals surface area contributed by atoms with Gasteiger partial charge in [-0.3, -0.25) is 14.6 Å². The third kappa shape index (κ3) is 10.7. The van der Waals surface area contributed by atoms with E-state index in [0.29, 0.717) is 24.3 Å². The predicted octanol–water partition coefficient (Wildman–Crippen LogP) is 11.8. The summed E-state index contributed by atoms with van der Waals surface area (Å²) >= 11 is 0. The third-order valence-electron chi connectivity index (χ3n) is 22.4. The Morgan fingerprint density at radius 2 is 0.903 bits per heavy atom. The Balaban J connectivity index is 0.000000107. The SMILES string of the molecule is C=C1CC[C@@]2(O)[C@H]3Cc4ccc(O)c5c4[C@@]2(CCN3CC2CC2)[C@H]1O5.C[P+](c1ccccc1)(c1ccccc1)c1ccccc1.O=C1CC[C@@]2(O)[C@H]3Cc4ccc(O)c5c4[C@@]2(CCN3CC2CC2)[C@H]1O5.O=P(c1ccccc1)(c1ccccc1)c1ccccc1.[3H][P+](=O)P. The van der Waals surface area contributed by atoms with Crippen molar-refractivity contribution in [3.63, 3.8) is 0 Å². The number of phenols is 2. The van der Waals surface area contributed by atoms with Gasteiger partial charge in [-0.2, -0.15) is 0 Å². The van der Waals surface area contributed by atoms with E-state index < -0.39 is 50.6 Å². The number of aliphatic hydroxyl groups is 2. The average Bonchev–Trinajstić information content (AvgIpc) is 1.42. The van der Waals surface area contributed by atoms with Crippen LogP contribution in [0.25, 0.3) is 0 Å². The fraction of sp³-hybridized carbons (Fsp3) is 0.346. The number of ketones is 1. The summed E-state index contributed by atoms with van der Waals surface area (Å²) in [7, 11) is -4.17. The zero-order valence-electron chi connectivity index (χ0n) is 53.8. The van der Waals surface area contributed by atoms with Crippen molar-refractivity contribution in [1.82, 2.24) is 9.80 Å². The Bertz CT molecular complexity index is 3830. The standard InChI is InChI=1S/C21H25NO3.C20H23NO4.C19H18P.C18H15OP.H2OP2/c1-12-6-7-21(24)16-10-14-4-5-15(23)18-17(14)20(21,19(12)25-18)8-9-22(16)11-13-2-3-13;22-13-4-3-12-9-15-20(24)6-5-14(23)18-19(20,16(12)17(13)25-18)7-8-21(15)10-11-1-2-11;1-20(17-11-5-2-6-12-17,18-13-7-3-8-14-18)19-15-9-4-10-16-19;19-20(16-10-4-1-5-11-16,17-12-6-2-7-13-17)18-14-8-3-9-15-18;1-3-2/h4-5,13,16,19,23-24H,1-3,6-11H2;3-4,11,15,18,22,24H,1-2,5-10H2;2-16H,1H3;1-15H;2H2/q;;+1;;/p+1/t16-,19+,20+,21-;15-,18+,19+,20-;;;/m11.../s1/i/hT. The fourth-order valence-corrected chi connectivity index (χ4v) is 23.5. The molecule has 0 amide bonds. The van der Waals surface area contributed by atoms with E-state index in [1.807, 2.05) is 112 Å². The van der Waals surface area contributed by atoms with Gasteiger partial charge in [0.1, 0.15) is 38.2 Å². The lowest BCUT2D eigenvalue weighted by atomic mass is 9.48. The Hall–Kier alpha value is -6.60. The number of Topliss-reactive ketones (excluding diaryl/α,β-unsaturated/α-hetero) is 1. The molecule has 6 aliphatic carbocycles. The largest absolute Gasteiger partial charge is 0.504 e. The van der Waals surface area contributed by atoms with Gasteiger partial charge in [0.05, 0.1) is 28.7 Å². The van der Waals surface area contributed by atoms with Crippen LogP contribution in [0.4, 0.5) is 0 Å². The van der Waals surface area contributed by atoms with Crippen molar-refractivity contribution in [2.24, 2.45) is 11.8 Å². The number of phenolic OH excluding ortho intramolecular Hbond substituents is 2. The van der Waals surface area contributed by atoms with E-state index in [1.165, 1.54) is 47.2 Å². The van der Waals surface area contributed by atoms with Crippen molar-refractivity contribution in [3.8, 4) is 23.0 Å². The minimum Gasteiger partial charge on any atom is -0.504 e. The molecule has 11 nitrogen and oxygen atoms in total. The second-order valence-corrected chi connectivity index (χ2v) is 34.5. The third-order valence-corrected chi connectivity index (χ3v) is 29.5. The topological polar surface area (TPSA) is 157 Å². The summed E-state index contributed by atoms with van der Waals surface area (Å²) < 4.78 is 41.4. The smallest absolute Gasteiger partial charge is 0.390 e. The number of rotatable bonds is 10. The zero-order valence-corrected chi connectivity index (χ0v) is 56.6. The maximum absolute atomic E-state index is 13.8. The highest BCUT2D eigenvalue weighted by Crippen LogP contribution is 2.68. The van der Waals surface area contributed by atoms with Gasteiger partial charge in [0.2, 0.25) is 0 Å². The fourth-order valence-electron chi connectivity index (χ4n) is 17.6. The quantitative estimate of drug-likeness (QED) is 0.0763. The van der Waals surface area contributed by atoms with Crippen molar-refractivity contribution < 1.29 is 43.8 Å². The van der Waals surface area contributed by atoms with Gasteiger partial charge in [0.25, 0.3) is 0 Å². The van der Waals surface area contributed by atoms with Gasteiger partial charge < -0.3 is 34.5 Å². The molecule has 4 N–H and O–H groups in total. The first-order valence-corrected chi connectivity index (χ1v) is 39.5. The molecule has 0 aromatic heterocycles. The molecule has 2 saturated heterocycles. The Morgan fingerprint density at radius 3 is 1.28 bits per heavy atom. The first-order valence-electron chi connectivity index (χ1n) is 33.6. The van der Waals surface area contributed by atoms with Gasteiger partial charge in [-0.05, 0) is 161 Å². The summed E-state index contributed by atoms with van der Waals surface area (Å²) in [4.78, 5) is 17.7. The van der Waals surface area contributed by atoms with Gasteiger partial charge >= 0.3 is 9.37 Å². The van der Waals surface area contributed by atoms with E-state index >= 15 is 0 Å². The monoisotopic (exact) mass is 1320 g/mol. The van der Waals surface area contributed by atoms with Crippen LogP contribution >= 0.6 is 31.4 Å². The van der Waals surface area contributed by atoms with Crippen LogP contribution in [0.1, 0.15) is 86.5 Å². The molecular formula is C78H84N2O9P4+2. The molecule has 4 bridgehead atoms. The van der Waals surface area contributed by atoms with Crippen LogP contribution in [0.5, 0.6) is 23.0 Å². The summed E-state index contributed by atoms with van der Waals surface area (Å²) in [6, 6.07) is 69.4. The van der Waals surface area contributed by atoms with E-state index in [1.54, 1.807) is 12.1 Å². The number of carbonyl (C=O) groups is 1. The number of hydrogen-bond donors (Lipinski definition) is 4. The Morgan fingerprint density at radius 1 is 0.559 bits per heavy atom. The van der Waals surface area contributed by atoms with E-state index in [2.05, 4.69) is 114 Å². The maximum atomic E-state index is 13.8. The van der Waals surface area contributed by atoms with E-state index in [0.717, 1.165) is 115 Å². The van der Waals surface area contributed by atoms with Crippen molar-refractivity contribution >= 4 is 69.0 Å². The molecule has 478 valence electrons. The van der Waals surface area contributed by atoms with Crippen LogP contribution < -0.4 is 41.3 Å². The number of likely N-dealkylation sites (tertiary alicyclic amines) is 2. The molecule has 2 unspecified atom stereocenters. The lowest BCUT2D eigenvalue weighted by Gasteiger charge is -2.63. The van der Waals surface area contributed by atoms with Crippen LogP contribution in [0.15, 0.2) is 218 Å². The van der Waals surface area contributed by atoms with Crippen LogP contribution in [0, 0.1) is 11.8 Å². The molecule has 4 heterocycles. The Kier molecular flexibility index (Phi) is 17.2. The molecule has 10 atom stereocenters. The molecule has 10 aliphatic rings. The molecule has 4 saturated carbocycles. The zero-order chi connectivity index (χ0) is 65.2. The molecule has 2 spiro atoms. The van der Waals surface area contributed by atoms with Gasteiger partial charge in [-0.15, -0.1) is 0 Å². The molecule has 6 fully saturated rings. The molecule has 0 radical (unpaired) electrons. The molecule has 18 rings (SSSR count). The summed E-state index contributed by atoms with van der Waals surface area (Å²) in [5.41, 5.74) is 2.66. The highest BCUT2D eigenvalue weighted by Gasteiger charge is 2.74. The number of aromatic hydroxyl groups is 2. The van der Waals surface area contributed by atoms with Crippen LogP contribution in [0.2, 0.25) is 0 Å². The van der Waals surface area contributed by atoms with Crippen molar-refractivity contribution in [2.75, 3.05) is 32.8 Å². The van der Waals surface area contributed by atoms with E-state index in [4.69, 9.17) is 10.8 Å². The lowest BCUT2D eigenvalue weighted by molar-refractivity contribution is -0.188. The van der Waals surface area contributed by atoms with Crippen molar-refractivity contribution in [3.05, 3.63) is 241 Å². The van der Waals surface area contributed by atoms with Crippen LogP contribution in [-0.4, -0.2) is 106 Å². The van der Waals surface area contributed by atoms with Gasteiger partial charge in [-0.25, -0.2) is 0 Å². The summed E-state index contributed by atoms with van der Waals surface area (Å²) in [5.74, 6) is 3.03. The highest BCUT2D eigenvalue weighted by atomic mass is 32.0. The van der Waals surface area contributed by atoms with Crippen LogP contribution in [-0.2, 0) is 37.6 Å². The molecule has 15 heteroatoms. The van der Waals surface area contributed by atoms with Crippen LogP contribution in [0.3, 0.4) is 0 Å². The predicted molar refractivity (Wildman–Crippen MR) is 379 cm³/mol. The van der Waals surface area contributed by atoms with E-state index in [9.17, 15) is 34.4 Å². The maximum Gasteiger partial charge on any atom is 0.390 e. The average molecular weight is 1320 g/mol. The molecule has 4 aliphatic heterocycles. The molecule has 8 aromatic rings. The molecule has 8 aromatic carbocycles. The summed E-state index contributed by atoms with van der Waals surface area (Å²) in [6.07, 6.45) is 10.1. The number of ether oxygens (including phenoxy) is 2. The lowest BCUT2D eigenvalue weighted by Crippen LogP contribution is -2.76. The number of piperidine rings is 2. The second-order valence-electron chi connectivity index (χ2n) is 27.4. The molecule has 93 heavy (non-hydrogen) atoms. The first kappa shape index (κ1) is 62.5.